The van der Waals surface area contributed by atoms with Crippen LogP contribution in [-0.2, 0) is 16.1 Å². The molecule has 16 heavy (non-hydrogen) atoms. The first-order valence-corrected chi connectivity index (χ1v) is 5.42. The summed E-state index contributed by atoms with van der Waals surface area (Å²) in [6, 6.07) is 2.04. The van der Waals surface area contributed by atoms with E-state index < -0.39 is 0 Å². The lowest BCUT2D eigenvalue weighted by atomic mass is 10.3. The largest absolute Gasteiger partial charge is 0.465 e. The molecular weight excluding hydrogens is 208 g/mol. The standard InChI is InChI=1S/C11H18N2O3/c1-4-15-11(14)8-13(9(2)3)7-10-5-6-12-16-10/h5-6,9H,4,7-8H2,1-3H3. The fourth-order valence-electron chi connectivity index (χ4n) is 1.32. The summed E-state index contributed by atoms with van der Waals surface area (Å²) in [7, 11) is 0. The van der Waals surface area contributed by atoms with Crippen molar-refractivity contribution < 1.29 is 14.1 Å². The van der Waals surface area contributed by atoms with E-state index in [4.69, 9.17) is 9.26 Å². The second-order valence-electron chi connectivity index (χ2n) is 3.78. The van der Waals surface area contributed by atoms with Crippen molar-refractivity contribution in [1.82, 2.24) is 10.1 Å². The molecule has 0 aliphatic rings. The second kappa shape index (κ2) is 6.27. The number of rotatable bonds is 6. The Morgan fingerprint density at radius 1 is 1.62 bits per heavy atom. The van der Waals surface area contributed by atoms with Gasteiger partial charge in [-0.25, -0.2) is 0 Å². The van der Waals surface area contributed by atoms with Gasteiger partial charge in [-0.05, 0) is 20.8 Å². The Hall–Kier alpha value is -1.36. The quantitative estimate of drug-likeness (QED) is 0.687. The predicted molar refractivity (Wildman–Crippen MR) is 58.7 cm³/mol. The average molecular weight is 226 g/mol. The molecule has 90 valence electrons. The molecule has 0 aliphatic heterocycles. The minimum atomic E-state index is -0.212. The van der Waals surface area contributed by atoms with E-state index in [1.165, 1.54) is 0 Å². The van der Waals surface area contributed by atoms with Crippen LogP contribution in [0.4, 0.5) is 0 Å². The van der Waals surface area contributed by atoms with Crippen LogP contribution in [0.1, 0.15) is 26.5 Å². The van der Waals surface area contributed by atoms with Crippen molar-refractivity contribution in [2.45, 2.75) is 33.4 Å². The van der Waals surface area contributed by atoms with Crippen LogP contribution in [0.15, 0.2) is 16.8 Å². The molecule has 1 rings (SSSR count). The number of nitrogens with zero attached hydrogens (tertiary/aromatic N) is 2. The Balaban J connectivity index is 2.51. The summed E-state index contributed by atoms with van der Waals surface area (Å²) in [5, 5.41) is 3.63. The first-order valence-electron chi connectivity index (χ1n) is 5.42. The van der Waals surface area contributed by atoms with Crippen LogP contribution in [0.2, 0.25) is 0 Å². The highest BCUT2D eigenvalue weighted by Gasteiger charge is 2.16. The van der Waals surface area contributed by atoms with E-state index in [9.17, 15) is 4.79 Å². The summed E-state index contributed by atoms with van der Waals surface area (Å²) < 4.78 is 9.93. The summed E-state index contributed by atoms with van der Waals surface area (Å²) in [5.41, 5.74) is 0. The van der Waals surface area contributed by atoms with Crippen molar-refractivity contribution in [3.63, 3.8) is 0 Å². The molecule has 0 saturated heterocycles. The molecule has 0 saturated carbocycles. The fraction of sp³-hybridized carbons (Fsp3) is 0.636. The number of ether oxygens (including phenoxy) is 1. The first kappa shape index (κ1) is 12.7. The maximum absolute atomic E-state index is 11.4. The van der Waals surface area contributed by atoms with Gasteiger partial charge in [0.15, 0.2) is 5.76 Å². The van der Waals surface area contributed by atoms with Crippen LogP contribution in [0.3, 0.4) is 0 Å². The topological polar surface area (TPSA) is 55.6 Å². The lowest BCUT2D eigenvalue weighted by molar-refractivity contribution is -0.145. The van der Waals surface area contributed by atoms with Gasteiger partial charge in [0.2, 0.25) is 0 Å². The normalized spacial score (nSPS) is 11.1. The Kier molecular flexibility index (Phi) is 4.98. The average Bonchev–Trinajstić information content (AvgIpc) is 2.69. The van der Waals surface area contributed by atoms with Crippen LogP contribution in [0, 0.1) is 0 Å². The molecule has 1 heterocycles. The highest BCUT2D eigenvalue weighted by molar-refractivity contribution is 5.71. The molecule has 0 aliphatic carbocycles. The molecule has 0 fully saturated rings. The van der Waals surface area contributed by atoms with Crippen molar-refractivity contribution in [3.8, 4) is 0 Å². The van der Waals surface area contributed by atoms with Gasteiger partial charge in [0, 0.05) is 12.1 Å². The summed E-state index contributed by atoms with van der Waals surface area (Å²) in [6.45, 7) is 7.09. The van der Waals surface area contributed by atoms with E-state index in [-0.39, 0.29) is 18.6 Å². The monoisotopic (exact) mass is 226 g/mol. The highest BCUT2D eigenvalue weighted by Crippen LogP contribution is 2.07. The number of hydrogen-bond donors (Lipinski definition) is 0. The Morgan fingerprint density at radius 2 is 2.38 bits per heavy atom. The molecule has 0 N–H and O–H groups in total. The van der Waals surface area contributed by atoms with E-state index >= 15 is 0 Å². The highest BCUT2D eigenvalue weighted by atomic mass is 16.5. The number of hydrogen-bond acceptors (Lipinski definition) is 5. The summed E-state index contributed by atoms with van der Waals surface area (Å²) in [6.07, 6.45) is 1.60. The van der Waals surface area contributed by atoms with Crippen molar-refractivity contribution in [2.75, 3.05) is 13.2 Å². The molecule has 0 amide bonds. The fourth-order valence-corrected chi connectivity index (χ4v) is 1.32. The smallest absolute Gasteiger partial charge is 0.320 e. The van der Waals surface area contributed by atoms with E-state index in [0.29, 0.717) is 13.2 Å². The molecule has 0 spiro atoms. The van der Waals surface area contributed by atoms with Crippen molar-refractivity contribution >= 4 is 5.97 Å². The molecule has 0 atom stereocenters. The molecule has 1 aromatic heterocycles. The number of aromatic nitrogens is 1. The van der Waals surface area contributed by atoms with Gasteiger partial charge in [0.1, 0.15) is 0 Å². The zero-order chi connectivity index (χ0) is 12.0. The lowest BCUT2D eigenvalue weighted by Gasteiger charge is -2.23. The van der Waals surface area contributed by atoms with Gasteiger partial charge in [-0.2, -0.15) is 0 Å². The Morgan fingerprint density at radius 3 is 2.88 bits per heavy atom. The minimum Gasteiger partial charge on any atom is -0.465 e. The third-order valence-electron chi connectivity index (χ3n) is 2.22. The van der Waals surface area contributed by atoms with Crippen molar-refractivity contribution in [2.24, 2.45) is 0 Å². The Bertz CT molecular complexity index is 309. The zero-order valence-electron chi connectivity index (χ0n) is 9.97. The third-order valence-corrected chi connectivity index (χ3v) is 2.22. The second-order valence-corrected chi connectivity index (χ2v) is 3.78. The molecule has 1 aromatic rings. The first-order chi connectivity index (χ1) is 7.63. The lowest BCUT2D eigenvalue weighted by Crippen LogP contribution is -2.35. The van der Waals surface area contributed by atoms with Gasteiger partial charge in [-0.15, -0.1) is 0 Å². The molecule has 0 unspecified atom stereocenters. The van der Waals surface area contributed by atoms with E-state index in [0.717, 1.165) is 5.76 Å². The van der Waals surface area contributed by atoms with Gasteiger partial charge in [-0.3, -0.25) is 9.69 Å². The molecule has 0 radical (unpaired) electrons. The van der Waals surface area contributed by atoms with Crippen molar-refractivity contribution in [3.05, 3.63) is 18.0 Å². The third kappa shape index (κ3) is 4.02. The zero-order valence-corrected chi connectivity index (χ0v) is 9.97. The maximum Gasteiger partial charge on any atom is 0.320 e. The van der Waals surface area contributed by atoms with Gasteiger partial charge in [-0.1, -0.05) is 5.16 Å². The molecule has 5 heteroatoms. The van der Waals surface area contributed by atoms with Crippen LogP contribution < -0.4 is 0 Å². The van der Waals surface area contributed by atoms with Crippen LogP contribution >= 0.6 is 0 Å². The molecule has 0 aromatic carbocycles. The predicted octanol–water partition coefficient (Wildman–Crippen LogP) is 1.45. The van der Waals surface area contributed by atoms with Crippen LogP contribution in [0.5, 0.6) is 0 Å². The van der Waals surface area contributed by atoms with Gasteiger partial charge >= 0.3 is 5.97 Å². The van der Waals surface area contributed by atoms with Gasteiger partial charge in [0.05, 0.1) is 25.9 Å². The van der Waals surface area contributed by atoms with Crippen molar-refractivity contribution in [1.29, 1.82) is 0 Å². The van der Waals surface area contributed by atoms with Crippen LogP contribution in [0.25, 0.3) is 0 Å². The molecule has 0 bridgehead atoms. The van der Waals surface area contributed by atoms with Gasteiger partial charge in [0.25, 0.3) is 0 Å². The van der Waals surface area contributed by atoms with E-state index in [2.05, 4.69) is 5.16 Å². The van der Waals surface area contributed by atoms with Gasteiger partial charge < -0.3 is 9.26 Å². The maximum atomic E-state index is 11.4. The molecule has 5 nitrogen and oxygen atoms in total. The Labute approximate surface area is 95.4 Å². The summed E-state index contributed by atoms with van der Waals surface area (Å²) in [5.74, 6) is 0.536. The molecular formula is C11H18N2O3. The number of carbonyl (C=O) groups is 1. The number of esters is 1. The summed E-state index contributed by atoms with van der Waals surface area (Å²) in [4.78, 5) is 13.3. The number of carbonyl (C=O) groups excluding carboxylic acids is 1. The van der Waals surface area contributed by atoms with Crippen LogP contribution in [-0.4, -0.2) is 35.2 Å². The van der Waals surface area contributed by atoms with E-state index in [1.807, 2.05) is 18.7 Å². The summed E-state index contributed by atoms with van der Waals surface area (Å²) >= 11 is 0. The SMILES string of the molecule is CCOC(=O)CN(Cc1ccno1)C(C)C. The minimum absolute atomic E-state index is 0.212. The van der Waals surface area contributed by atoms with E-state index in [1.54, 1.807) is 19.2 Å².